The molecule has 1 saturated heterocycles. The van der Waals surface area contributed by atoms with Crippen LogP contribution in [-0.4, -0.2) is 43.9 Å². The Morgan fingerprint density at radius 2 is 1.92 bits per heavy atom. The maximum absolute atomic E-state index is 13.5. The van der Waals surface area contributed by atoms with E-state index < -0.39 is 29.7 Å². The second kappa shape index (κ2) is 10.6. The average Bonchev–Trinajstić information content (AvgIpc) is 3.48. The summed E-state index contributed by atoms with van der Waals surface area (Å²) in [5.74, 6) is -0.739. The van der Waals surface area contributed by atoms with Gasteiger partial charge in [-0.3, -0.25) is 23.9 Å². The average molecular weight is 580 g/mol. The van der Waals surface area contributed by atoms with Gasteiger partial charge in [0, 0.05) is 5.02 Å². The second-order valence-corrected chi connectivity index (χ2v) is 10.7. The van der Waals surface area contributed by atoms with Crippen molar-refractivity contribution in [2.45, 2.75) is 13.5 Å². The molecule has 0 saturated carbocycles. The van der Waals surface area contributed by atoms with Crippen molar-refractivity contribution in [2.75, 3.05) is 13.3 Å². The Morgan fingerprint density at radius 1 is 1.21 bits per heavy atom. The number of pyridine rings is 1. The molecule has 0 radical (unpaired) electrons. The Bertz CT molecular complexity index is 1690. The van der Waals surface area contributed by atoms with E-state index in [1.165, 1.54) is 6.92 Å². The lowest BCUT2D eigenvalue weighted by Crippen LogP contribution is -2.35. The first-order valence-electron chi connectivity index (χ1n) is 11.5. The number of aromatic hydroxyl groups is 1. The monoisotopic (exact) mass is 579 g/mol. The maximum Gasteiger partial charge on any atom is 0.271 e. The second-order valence-electron chi connectivity index (χ2n) is 8.63. The number of carbonyl (C=O) groups excluding carboxylic acids is 2. The number of Topliss-reactive ketones (excluding diaryl/α,β-unsaturated/α-hetero) is 1. The number of hydrogen-bond acceptors (Lipinski definition) is 9. The van der Waals surface area contributed by atoms with Crippen LogP contribution in [0.25, 0.3) is 6.08 Å². The summed E-state index contributed by atoms with van der Waals surface area (Å²) in [5, 5.41) is 21.3. The van der Waals surface area contributed by atoms with Crippen LogP contribution in [0, 0.1) is 18.3 Å². The fraction of sp³-hybridized carbons (Fsp3) is 0.148. The minimum Gasteiger partial charge on any atom is -0.494 e. The van der Waals surface area contributed by atoms with Gasteiger partial charge in [-0.2, -0.15) is 5.26 Å². The summed E-state index contributed by atoms with van der Waals surface area (Å²) in [4.78, 5) is 41.0. The molecule has 2 aromatic carbocycles. The predicted octanol–water partition coefficient (Wildman–Crippen LogP) is 4.25. The summed E-state index contributed by atoms with van der Waals surface area (Å²) in [7, 11) is 0. The molecule has 3 heterocycles. The Balaban J connectivity index is 1.45. The first-order valence-corrected chi connectivity index (χ1v) is 13.1. The normalized spacial score (nSPS) is 15.2. The van der Waals surface area contributed by atoms with Crippen LogP contribution in [-0.2, 0) is 11.3 Å². The minimum absolute atomic E-state index is 0.0223. The van der Waals surface area contributed by atoms with E-state index in [0.717, 1.165) is 26.8 Å². The molecule has 1 amide bonds. The van der Waals surface area contributed by atoms with Gasteiger partial charge in [0.05, 0.1) is 23.6 Å². The number of thiocarbonyl (C=S) groups is 1. The molecule has 3 aromatic rings. The molecular formula is C27H18ClN3O6S2. The van der Waals surface area contributed by atoms with Crippen molar-refractivity contribution in [1.82, 2.24) is 9.47 Å². The number of nitrogens with zero attached hydrogens (tertiary/aromatic N) is 3. The highest BCUT2D eigenvalue weighted by atomic mass is 35.5. The third-order valence-corrected chi connectivity index (χ3v) is 7.83. The Labute approximate surface area is 236 Å². The van der Waals surface area contributed by atoms with E-state index in [9.17, 15) is 24.8 Å². The molecule has 196 valence electrons. The number of hydrogen-bond donors (Lipinski definition) is 1. The van der Waals surface area contributed by atoms with Gasteiger partial charge in [0.25, 0.3) is 11.5 Å². The molecule has 0 bridgehead atoms. The number of ketones is 1. The zero-order chi connectivity index (χ0) is 27.8. The quantitative estimate of drug-likeness (QED) is 0.259. The van der Waals surface area contributed by atoms with Crippen molar-refractivity contribution in [1.29, 1.82) is 5.26 Å². The molecule has 12 heteroatoms. The van der Waals surface area contributed by atoms with E-state index in [-0.39, 0.29) is 34.3 Å². The number of benzene rings is 2. The highest BCUT2D eigenvalue weighted by Gasteiger charge is 2.35. The first kappa shape index (κ1) is 26.5. The molecule has 9 nitrogen and oxygen atoms in total. The fourth-order valence-corrected chi connectivity index (χ4v) is 5.60. The van der Waals surface area contributed by atoms with Crippen molar-refractivity contribution in [3.05, 3.63) is 90.6 Å². The summed E-state index contributed by atoms with van der Waals surface area (Å²) in [5.41, 5.74) is 0.0564. The van der Waals surface area contributed by atoms with Crippen molar-refractivity contribution in [3.8, 4) is 23.4 Å². The topological polar surface area (TPSA) is 122 Å². The third-order valence-electron chi connectivity index (χ3n) is 6.20. The SMILES string of the molecule is Cc1c(C(=O)CN2C(=O)/C(=C/c3ccc(Cl)cc3)SC2=S)c(O)n(Cc2ccc3c(c2)OCO3)c(=O)c1C#N. The standard InChI is InChI=1S/C27H18ClN3O6S2/c1-14-18(10-29)24(33)30(11-16-4-7-20-21(8-16)37-13-36-20)26(35)23(14)19(32)12-31-25(34)22(39-27(31)38)9-15-2-5-17(28)6-3-15/h2-9,35H,11-13H2,1H3/b22-9-. The molecule has 39 heavy (non-hydrogen) atoms. The van der Waals surface area contributed by atoms with Crippen molar-refractivity contribution in [2.24, 2.45) is 0 Å². The third kappa shape index (κ3) is 5.02. The molecular weight excluding hydrogens is 562 g/mol. The molecule has 0 aliphatic carbocycles. The molecule has 5 rings (SSSR count). The van der Waals surface area contributed by atoms with Crippen LogP contribution in [0.1, 0.15) is 32.6 Å². The number of rotatable bonds is 6. The summed E-state index contributed by atoms with van der Waals surface area (Å²) in [6.07, 6.45) is 1.64. The summed E-state index contributed by atoms with van der Waals surface area (Å²) >= 11 is 12.3. The van der Waals surface area contributed by atoms with E-state index in [1.54, 1.807) is 48.5 Å². The van der Waals surface area contributed by atoms with Gasteiger partial charge in [-0.15, -0.1) is 0 Å². The van der Waals surface area contributed by atoms with Gasteiger partial charge in [0.15, 0.2) is 17.3 Å². The van der Waals surface area contributed by atoms with Crippen molar-refractivity contribution < 1.29 is 24.2 Å². The molecule has 0 spiro atoms. The fourth-order valence-electron chi connectivity index (χ4n) is 4.22. The van der Waals surface area contributed by atoms with Gasteiger partial charge in [-0.1, -0.05) is 53.8 Å². The van der Waals surface area contributed by atoms with Gasteiger partial charge in [0.1, 0.15) is 16.0 Å². The van der Waals surface area contributed by atoms with Gasteiger partial charge in [-0.25, -0.2) is 0 Å². The summed E-state index contributed by atoms with van der Waals surface area (Å²) in [6, 6.07) is 13.7. The number of thioether (sulfide) groups is 1. The van der Waals surface area contributed by atoms with E-state index in [2.05, 4.69) is 0 Å². The number of nitriles is 1. The first-order chi connectivity index (χ1) is 18.7. The molecule has 2 aliphatic heterocycles. The summed E-state index contributed by atoms with van der Waals surface area (Å²) < 4.78 is 11.8. The van der Waals surface area contributed by atoms with E-state index in [1.807, 2.05) is 6.07 Å². The minimum atomic E-state index is -0.752. The van der Waals surface area contributed by atoms with Crippen LogP contribution in [0.4, 0.5) is 0 Å². The number of ether oxygens (including phenoxy) is 2. The smallest absolute Gasteiger partial charge is 0.271 e. The zero-order valence-corrected chi connectivity index (χ0v) is 22.7. The highest BCUT2D eigenvalue weighted by molar-refractivity contribution is 8.26. The number of amides is 1. The lowest BCUT2D eigenvalue weighted by Gasteiger charge is -2.18. The van der Waals surface area contributed by atoms with Gasteiger partial charge in [-0.05, 0) is 54.0 Å². The predicted molar refractivity (Wildman–Crippen MR) is 149 cm³/mol. The van der Waals surface area contributed by atoms with Crippen LogP contribution >= 0.6 is 35.6 Å². The number of fused-ring (bicyclic) bond motifs is 1. The number of aromatic nitrogens is 1. The van der Waals surface area contributed by atoms with Crippen molar-refractivity contribution >= 4 is 57.7 Å². The van der Waals surface area contributed by atoms with E-state index in [4.69, 9.17) is 33.3 Å². The van der Waals surface area contributed by atoms with Gasteiger partial charge >= 0.3 is 0 Å². The highest BCUT2D eigenvalue weighted by Crippen LogP contribution is 2.35. The van der Waals surface area contributed by atoms with Gasteiger partial charge in [0.2, 0.25) is 12.7 Å². The van der Waals surface area contributed by atoms with Gasteiger partial charge < -0.3 is 14.6 Å². The molecule has 0 unspecified atom stereocenters. The largest absolute Gasteiger partial charge is 0.494 e. The van der Waals surface area contributed by atoms with Crippen LogP contribution in [0.15, 0.2) is 52.2 Å². The Kier molecular flexibility index (Phi) is 7.18. The van der Waals surface area contributed by atoms with Crippen LogP contribution in [0.2, 0.25) is 5.02 Å². The molecule has 1 fully saturated rings. The zero-order valence-electron chi connectivity index (χ0n) is 20.3. The molecule has 1 aromatic heterocycles. The lowest BCUT2D eigenvalue weighted by molar-refractivity contribution is -0.121. The molecule has 0 atom stereocenters. The van der Waals surface area contributed by atoms with Crippen LogP contribution in [0.5, 0.6) is 17.4 Å². The lowest BCUT2D eigenvalue weighted by atomic mass is 10.0. The van der Waals surface area contributed by atoms with Crippen molar-refractivity contribution in [3.63, 3.8) is 0 Å². The molecule has 1 N–H and O–H groups in total. The maximum atomic E-state index is 13.5. The Morgan fingerprint density at radius 3 is 2.64 bits per heavy atom. The van der Waals surface area contributed by atoms with E-state index in [0.29, 0.717) is 27.0 Å². The Hall–Kier alpha value is -4.11. The van der Waals surface area contributed by atoms with Crippen LogP contribution < -0.4 is 15.0 Å². The summed E-state index contributed by atoms with van der Waals surface area (Å²) in [6.45, 7) is 0.853. The van der Waals surface area contributed by atoms with Crippen LogP contribution in [0.3, 0.4) is 0 Å². The molecule has 2 aliphatic rings. The number of halogens is 1. The number of carbonyl (C=O) groups is 2. The van der Waals surface area contributed by atoms with E-state index >= 15 is 0 Å².